The minimum atomic E-state index is -0.270. The van der Waals surface area contributed by atoms with Gasteiger partial charge in [-0.1, -0.05) is 13.3 Å². The number of hydrogen-bond acceptors (Lipinski definition) is 2. The Morgan fingerprint density at radius 2 is 1.58 bits per heavy atom. The molecule has 5 saturated carbocycles. The lowest BCUT2D eigenvalue weighted by Gasteiger charge is -2.56. The van der Waals surface area contributed by atoms with Crippen molar-refractivity contribution in [2.45, 2.75) is 95.7 Å². The van der Waals surface area contributed by atoms with E-state index in [1.165, 1.54) is 44.9 Å². The largest absolute Gasteiger partial charge is 0.334 e. The van der Waals surface area contributed by atoms with Crippen LogP contribution < -0.4 is 16.0 Å². The van der Waals surface area contributed by atoms with Gasteiger partial charge in [0.1, 0.15) is 0 Å². The molecule has 5 heteroatoms. The zero-order valence-corrected chi connectivity index (χ0v) is 16.4. The highest BCUT2D eigenvalue weighted by molar-refractivity contribution is 5.96. The third kappa shape index (κ3) is 3.78. The second-order valence-electron chi connectivity index (χ2n) is 10.0. The Hall–Kier alpha value is -1.10. The number of imide groups is 1. The van der Waals surface area contributed by atoms with Crippen LogP contribution in [-0.4, -0.2) is 29.6 Å². The summed E-state index contributed by atoms with van der Waals surface area (Å²) in [5, 5.41) is 8.05. The third-order valence-electron chi connectivity index (χ3n) is 7.78. The predicted molar refractivity (Wildman–Crippen MR) is 100 cm³/mol. The molecule has 0 radical (unpaired) electrons. The first-order valence-corrected chi connectivity index (χ1v) is 10.9. The van der Waals surface area contributed by atoms with E-state index in [9.17, 15) is 9.59 Å². The van der Waals surface area contributed by atoms with Crippen LogP contribution in [0.15, 0.2) is 0 Å². The van der Waals surface area contributed by atoms with Crippen LogP contribution in [0.4, 0.5) is 4.79 Å². The first-order chi connectivity index (χ1) is 12.4. The Labute approximate surface area is 157 Å². The van der Waals surface area contributed by atoms with E-state index < -0.39 is 0 Å². The van der Waals surface area contributed by atoms with Gasteiger partial charge >= 0.3 is 6.03 Å². The van der Waals surface area contributed by atoms with Crippen LogP contribution in [0.2, 0.25) is 0 Å². The predicted octanol–water partition coefficient (Wildman–Crippen LogP) is 2.31. The summed E-state index contributed by atoms with van der Waals surface area (Å²) in [7, 11) is 0. The van der Waals surface area contributed by atoms with Crippen molar-refractivity contribution in [1.29, 1.82) is 0 Å². The first kappa shape index (κ1) is 18.3. The summed E-state index contributed by atoms with van der Waals surface area (Å²) in [4.78, 5) is 25.1. The molecule has 0 aromatic carbocycles. The molecule has 5 aliphatic carbocycles. The summed E-state index contributed by atoms with van der Waals surface area (Å²) in [5.41, 5.74) is -0.0377. The molecule has 5 rings (SSSR count). The summed E-state index contributed by atoms with van der Waals surface area (Å²) in [5.74, 6) is 2.87. The molecule has 5 nitrogen and oxygen atoms in total. The standard InChI is InChI=1S/C21H35N3O2/c1-13-5-3-4-6-18(13)22-14(2)19(25)23-20(26)24-21-10-15-7-16(11-21)9-17(8-15)12-21/h13-18,22H,3-12H2,1-2H3,(H2,23,24,25,26)/p+1/t13-,14-,15?,16?,17?,18+,21?/m0/s1. The Morgan fingerprint density at radius 3 is 2.15 bits per heavy atom. The fourth-order valence-electron chi connectivity index (χ4n) is 6.85. The number of hydrogen-bond donors (Lipinski definition) is 3. The molecule has 0 aromatic heterocycles. The van der Waals surface area contributed by atoms with Gasteiger partial charge in [0.2, 0.25) is 0 Å². The van der Waals surface area contributed by atoms with Gasteiger partial charge in [0, 0.05) is 11.5 Å². The quantitative estimate of drug-likeness (QED) is 0.718. The lowest BCUT2D eigenvalue weighted by atomic mass is 9.53. The van der Waals surface area contributed by atoms with Crippen LogP contribution in [0.3, 0.4) is 0 Å². The fourth-order valence-corrected chi connectivity index (χ4v) is 6.85. The van der Waals surface area contributed by atoms with Gasteiger partial charge < -0.3 is 10.6 Å². The van der Waals surface area contributed by atoms with Gasteiger partial charge in [-0.2, -0.15) is 0 Å². The minimum Gasteiger partial charge on any atom is -0.334 e. The number of nitrogens with two attached hydrogens (primary N) is 1. The van der Waals surface area contributed by atoms with Gasteiger partial charge in [0.05, 0.1) is 6.04 Å². The molecule has 0 aromatic rings. The molecule has 3 atom stereocenters. The van der Waals surface area contributed by atoms with Gasteiger partial charge in [0.25, 0.3) is 5.91 Å². The maximum absolute atomic E-state index is 12.5. The lowest BCUT2D eigenvalue weighted by Crippen LogP contribution is -2.98. The van der Waals surface area contributed by atoms with E-state index in [-0.39, 0.29) is 23.5 Å². The van der Waals surface area contributed by atoms with Crippen LogP contribution in [-0.2, 0) is 4.79 Å². The van der Waals surface area contributed by atoms with Crippen molar-refractivity contribution in [3.05, 3.63) is 0 Å². The molecule has 5 aliphatic rings. The van der Waals surface area contributed by atoms with Crippen molar-refractivity contribution < 1.29 is 14.9 Å². The summed E-state index contributed by atoms with van der Waals surface area (Å²) in [6.45, 7) is 4.21. The molecular weight excluding hydrogens is 326 g/mol. The van der Waals surface area contributed by atoms with E-state index in [0.29, 0.717) is 12.0 Å². The molecule has 0 aliphatic heterocycles. The maximum Gasteiger partial charge on any atom is 0.322 e. The highest BCUT2D eigenvalue weighted by Gasteiger charge is 2.51. The van der Waals surface area contributed by atoms with Gasteiger partial charge in [-0.25, -0.2) is 4.79 Å². The molecule has 4 bridgehead atoms. The zero-order chi connectivity index (χ0) is 18.3. The number of amides is 3. The Balaban J connectivity index is 1.28. The Kier molecular flexibility index (Phi) is 5.02. The summed E-state index contributed by atoms with van der Waals surface area (Å²) < 4.78 is 0. The molecule has 3 amide bonds. The smallest absolute Gasteiger partial charge is 0.322 e. The van der Waals surface area contributed by atoms with Crippen LogP contribution in [0, 0.1) is 23.7 Å². The van der Waals surface area contributed by atoms with Gasteiger partial charge in [-0.15, -0.1) is 0 Å². The van der Waals surface area contributed by atoms with Crippen molar-refractivity contribution in [3.63, 3.8) is 0 Å². The Morgan fingerprint density at radius 1 is 1.00 bits per heavy atom. The average Bonchev–Trinajstić information content (AvgIpc) is 2.54. The zero-order valence-electron chi connectivity index (χ0n) is 16.4. The van der Waals surface area contributed by atoms with E-state index >= 15 is 0 Å². The molecule has 0 spiro atoms. The van der Waals surface area contributed by atoms with E-state index in [2.05, 4.69) is 22.9 Å². The number of quaternary nitrogens is 1. The number of carbonyl (C=O) groups is 2. The van der Waals surface area contributed by atoms with Crippen molar-refractivity contribution in [1.82, 2.24) is 10.6 Å². The molecule has 5 fully saturated rings. The number of rotatable bonds is 4. The van der Waals surface area contributed by atoms with Crippen molar-refractivity contribution in [2.24, 2.45) is 23.7 Å². The second kappa shape index (κ2) is 7.14. The van der Waals surface area contributed by atoms with E-state index in [1.807, 2.05) is 6.92 Å². The molecule has 4 N–H and O–H groups in total. The maximum atomic E-state index is 12.5. The van der Waals surface area contributed by atoms with Gasteiger partial charge in [0.15, 0.2) is 6.04 Å². The molecule has 0 unspecified atom stereocenters. The van der Waals surface area contributed by atoms with Crippen LogP contribution >= 0.6 is 0 Å². The van der Waals surface area contributed by atoms with Gasteiger partial charge in [-0.3, -0.25) is 10.1 Å². The molecular formula is C21H36N3O2+. The SMILES string of the molecule is C[C@H]([NH2+][C@@H]1CCCC[C@@H]1C)C(=O)NC(=O)NC12CC3CC(CC(C3)C1)C2. The van der Waals surface area contributed by atoms with Crippen molar-refractivity contribution >= 4 is 11.9 Å². The highest BCUT2D eigenvalue weighted by atomic mass is 16.2. The van der Waals surface area contributed by atoms with Crippen molar-refractivity contribution in [2.75, 3.05) is 0 Å². The van der Waals surface area contributed by atoms with Crippen LogP contribution in [0.5, 0.6) is 0 Å². The third-order valence-corrected chi connectivity index (χ3v) is 7.78. The monoisotopic (exact) mass is 362 g/mol. The van der Waals surface area contributed by atoms with Crippen molar-refractivity contribution in [3.8, 4) is 0 Å². The molecule has 146 valence electrons. The summed E-state index contributed by atoms with van der Waals surface area (Å²) in [6, 6.07) is 0.0345. The summed E-state index contributed by atoms with van der Waals surface area (Å²) in [6.07, 6.45) is 12.4. The molecule has 0 heterocycles. The minimum absolute atomic E-state index is 0.0377. The average molecular weight is 363 g/mol. The van der Waals surface area contributed by atoms with E-state index in [4.69, 9.17) is 0 Å². The van der Waals surface area contributed by atoms with E-state index in [0.717, 1.165) is 37.0 Å². The molecule has 26 heavy (non-hydrogen) atoms. The van der Waals surface area contributed by atoms with Gasteiger partial charge in [-0.05, 0) is 82.5 Å². The fraction of sp³-hybridized carbons (Fsp3) is 0.905. The normalized spacial score (nSPS) is 42.3. The lowest BCUT2D eigenvalue weighted by molar-refractivity contribution is -0.714. The number of carbonyl (C=O) groups excluding carboxylic acids is 2. The topological polar surface area (TPSA) is 74.8 Å². The summed E-state index contributed by atoms with van der Waals surface area (Å²) >= 11 is 0. The molecule has 0 saturated heterocycles. The first-order valence-electron chi connectivity index (χ1n) is 10.9. The highest BCUT2D eigenvalue weighted by Crippen LogP contribution is 2.55. The Bertz CT molecular complexity index is 526. The second-order valence-corrected chi connectivity index (χ2v) is 10.0. The number of urea groups is 1. The number of nitrogens with one attached hydrogen (secondary N) is 2. The van der Waals surface area contributed by atoms with Crippen LogP contribution in [0.1, 0.15) is 78.1 Å². The van der Waals surface area contributed by atoms with E-state index in [1.54, 1.807) is 0 Å². The van der Waals surface area contributed by atoms with Crippen LogP contribution in [0.25, 0.3) is 0 Å².